The smallest absolute Gasteiger partial charge is 0.0730 e. The van der Waals surface area contributed by atoms with Crippen molar-refractivity contribution in [3.05, 3.63) is 48.5 Å². The van der Waals surface area contributed by atoms with Crippen LogP contribution in [0.3, 0.4) is 0 Å². The van der Waals surface area contributed by atoms with Crippen LogP contribution in [0.2, 0.25) is 0 Å². The molecule has 1 aliphatic rings. The fourth-order valence-corrected chi connectivity index (χ4v) is 4.05. The van der Waals surface area contributed by atoms with Gasteiger partial charge in [-0.25, -0.2) is 4.98 Å². The Bertz CT molecular complexity index is 843. The number of para-hydroxylation sites is 2. The number of nitrogens with one attached hydrogen (secondary N) is 1. The monoisotopic (exact) mass is 362 g/mol. The van der Waals surface area contributed by atoms with Gasteiger partial charge in [-0.15, -0.1) is 0 Å². The average molecular weight is 363 g/mol. The Balaban J connectivity index is 1.40. The predicted molar refractivity (Wildman–Crippen MR) is 116 cm³/mol. The van der Waals surface area contributed by atoms with Gasteiger partial charge in [-0.05, 0) is 38.9 Å². The third-order valence-corrected chi connectivity index (χ3v) is 5.68. The second-order valence-electron chi connectivity index (χ2n) is 7.77. The standard InChI is InChI=1S/C23H30N4/c1-18(2)27-16-14-26(15-17-27)13-7-12-24-23-19-8-3-5-10-21(19)25-22-11-6-4-9-20(22)23/h3-6,8-11,18H,7,12-17H2,1-2H3,(H,24,25). The first-order chi connectivity index (χ1) is 13.2. The molecule has 142 valence electrons. The number of anilines is 1. The van der Waals surface area contributed by atoms with E-state index >= 15 is 0 Å². The van der Waals surface area contributed by atoms with Crippen molar-refractivity contribution in [2.75, 3.05) is 44.6 Å². The first kappa shape index (κ1) is 18.2. The highest BCUT2D eigenvalue weighted by Crippen LogP contribution is 2.30. The summed E-state index contributed by atoms with van der Waals surface area (Å²) >= 11 is 0. The van der Waals surface area contributed by atoms with E-state index in [4.69, 9.17) is 4.98 Å². The minimum Gasteiger partial charge on any atom is -0.384 e. The minimum absolute atomic E-state index is 0.669. The van der Waals surface area contributed by atoms with Crippen LogP contribution in [0.25, 0.3) is 21.8 Å². The molecule has 0 aliphatic carbocycles. The van der Waals surface area contributed by atoms with E-state index in [0.717, 1.165) is 24.0 Å². The van der Waals surface area contributed by atoms with E-state index in [2.05, 4.69) is 77.5 Å². The number of piperazine rings is 1. The molecule has 4 nitrogen and oxygen atoms in total. The molecule has 27 heavy (non-hydrogen) atoms. The van der Waals surface area contributed by atoms with Crippen LogP contribution in [0.15, 0.2) is 48.5 Å². The lowest BCUT2D eigenvalue weighted by Crippen LogP contribution is -2.49. The Hall–Kier alpha value is -2.17. The lowest BCUT2D eigenvalue weighted by Gasteiger charge is -2.36. The molecule has 1 aliphatic heterocycles. The summed E-state index contributed by atoms with van der Waals surface area (Å²) in [4.78, 5) is 9.98. The van der Waals surface area contributed by atoms with Crippen LogP contribution in [0.5, 0.6) is 0 Å². The maximum Gasteiger partial charge on any atom is 0.0730 e. The zero-order chi connectivity index (χ0) is 18.6. The van der Waals surface area contributed by atoms with Crippen LogP contribution in [0.1, 0.15) is 20.3 Å². The largest absolute Gasteiger partial charge is 0.384 e. The van der Waals surface area contributed by atoms with Crippen LogP contribution in [-0.2, 0) is 0 Å². The number of nitrogens with zero attached hydrogens (tertiary/aromatic N) is 3. The highest BCUT2D eigenvalue weighted by atomic mass is 15.3. The van der Waals surface area contributed by atoms with Crippen molar-refractivity contribution in [3.8, 4) is 0 Å². The SMILES string of the molecule is CC(C)N1CCN(CCCNc2c3ccccc3nc3ccccc23)CC1. The molecule has 0 unspecified atom stereocenters. The number of fused-ring (bicyclic) bond motifs is 2. The van der Waals surface area contributed by atoms with E-state index in [0.29, 0.717) is 6.04 Å². The molecule has 0 saturated carbocycles. The van der Waals surface area contributed by atoms with Crippen LogP contribution in [0, 0.1) is 0 Å². The van der Waals surface area contributed by atoms with Crippen LogP contribution in [0.4, 0.5) is 5.69 Å². The predicted octanol–water partition coefficient (Wildman–Crippen LogP) is 4.22. The van der Waals surface area contributed by atoms with Crippen LogP contribution < -0.4 is 5.32 Å². The van der Waals surface area contributed by atoms with E-state index < -0.39 is 0 Å². The lowest BCUT2D eigenvalue weighted by molar-refractivity contribution is 0.108. The number of benzene rings is 2. The van der Waals surface area contributed by atoms with Crippen molar-refractivity contribution in [2.24, 2.45) is 0 Å². The highest BCUT2D eigenvalue weighted by molar-refractivity contribution is 6.07. The summed E-state index contributed by atoms with van der Waals surface area (Å²) in [5.41, 5.74) is 3.34. The summed E-state index contributed by atoms with van der Waals surface area (Å²) in [6, 6.07) is 17.5. The molecule has 4 rings (SSSR count). The topological polar surface area (TPSA) is 31.4 Å². The molecule has 0 amide bonds. The molecule has 4 heteroatoms. The van der Waals surface area contributed by atoms with E-state index in [1.807, 2.05) is 0 Å². The lowest BCUT2D eigenvalue weighted by atomic mass is 10.1. The summed E-state index contributed by atoms with van der Waals surface area (Å²) in [7, 11) is 0. The fourth-order valence-electron chi connectivity index (χ4n) is 4.05. The third kappa shape index (κ3) is 4.07. The minimum atomic E-state index is 0.669. The van der Waals surface area contributed by atoms with Crippen molar-refractivity contribution < 1.29 is 0 Å². The normalized spacial score (nSPS) is 16.4. The molecule has 1 aromatic heterocycles. The van der Waals surface area contributed by atoms with Gasteiger partial charge in [0.1, 0.15) is 0 Å². The van der Waals surface area contributed by atoms with Gasteiger partial charge in [0.25, 0.3) is 0 Å². The molecule has 0 bridgehead atoms. The fraction of sp³-hybridized carbons (Fsp3) is 0.435. The van der Waals surface area contributed by atoms with Gasteiger partial charge in [0, 0.05) is 49.5 Å². The summed E-state index contributed by atoms with van der Waals surface area (Å²) in [6.45, 7) is 11.5. The zero-order valence-corrected chi connectivity index (χ0v) is 16.5. The Morgan fingerprint density at radius 2 is 1.48 bits per heavy atom. The number of rotatable bonds is 6. The van der Waals surface area contributed by atoms with Crippen molar-refractivity contribution in [1.82, 2.24) is 14.8 Å². The van der Waals surface area contributed by atoms with Gasteiger partial charge in [0.2, 0.25) is 0 Å². The second kappa shape index (κ2) is 8.24. The molecule has 0 atom stereocenters. The van der Waals surface area contributed by atoms with Crippen molar-refractivity contribution >= 4 is 27.5 Å². The first-order valence-corrected chi connectivity index (χ1v) is 10.2. The summed E-state index contributed by atoms with van der Waals surface area (Å²) in [5.74, 6) is 0. The number of aromatic nitrogens is 1. The number of hydrogen-bond acceptors (Lipinski definition) is 4. The Morgan fingerprint density at radius 3 is 2.07 bits per heavy atom. The van der Waals surface area contributed by atoms with Gasteiger partial charge in [-0.3, -0.25) is 4.90 Å². The molecule has 3 aromatic rings. The Morgan fingerprint density at radius 1 is 0.889 bits per heavy atom. The Kier molecular flexibility index (Phi) is 5.55. The molecule has 2 aromatic carbocycles. The van der Waals surface area contributed by atoms with Gasteiger partial charge in [0.15, 0.2) is 0 Å². The van der Waals surface area contributed by atoms with Crippen molar-refractivity contribution in [1.29, 1.82) is 0 Å². The van der Waals surface area contributed by atoms with Crippen LogP contribution >= 0.6 is 0 Å². The molecule has 1 N–H and O–H groups in total. The zero-order valence-electron chi connectivity index (χ0n) is 16.5. The number of hydrogen-bond donors (Lipinski definition) is 1. The maximum absolute atomic E-state index is 4.81. The molecular formula is C23H30N4. The molecule has 1 saturated heterocycles. The summed E-state index contributed by atoms with van der Waals surface area (Å²) < 4.78 is 0. The quantitative estimate of drug-likeness (QED) is 0.526. The molecule has 0 spiro atoms. The summed E-state index contributed by atoms with van der Waals surface area (Å²) in [6.07, 6.45) is 1.16. The van der Waals surface area contributed by atoms with E-state index in [1.165, 1.54) is 49.2 Å². The molecule has 0 radical (unpaired) electrons. The number of pyridine rings is 1. The maximum atomic E-state index is 4.81. The summed E-state index contributed by atoms with van der Waals surface area (Å²) in [5, 5.41) is 6.14. The van der Waals surface area contributed by atoms with Crippen molar-refractivity contribution in [3.63, 3.8) is 0 Å². The highest BCUT2D eigenvalue weighted by Gasteiger charge is 2.18. The van der Waals surface area contributed by atoms with Crippen LogP contribution in [-0.4, -0.2) is 60.1 Å². The van der Waals surface area contributed by atoms with E-state index in [9.17, 15) is 0 Å². The molecular weight excluding hydrogens is 332 g/mol. The van der Waals surface area contributed by atoms with Crippen molar-refractivity contribution in [2.45, 2.75) is 26.3 Å². The van der Waals surface area contributed by atoms with Gasteiger partial charge in [-0.2, -0.15) is 0 Å². The van der Waals surface area contributed by atoms with E-state index in [1.54, 1.807) is 0 Å². The van der Waals surface area contributed by atoms with Gasteiger partial charge in [0.05, 0.1) is 16.7 Å². The van der Waals surface area contributed by atoms with Gasteiger partial charge < -0.3 is 10.2 Å². The average Bonchev–Trinajstić information content (AvgIpc) is 2.70. The van der Waals surface area contributed by atoms with Gasteiger partial charge >= 0.3 is 0 Å². The first-order valence-electron chi connectivity index (χ1n) is 10.2. The Labute approximate surface area is 162 Å². The third-order valence-electron chi connectivity index (χ3n) is 5.68. The van der Waals surface area contributed by atoms with E-state index in [-0.39, 0.29) is 0 Å². The second-order valence-corrected chi connectivity index (χ2v) is 7.77. The van der Waals surface area contributed by atoms with Gasteiger partial charge in [-0.1, -0.05) is 36.4 Å². The molecule has 2 heterocycles. The molecule has 1 fully saturated rings.